The predicted molar refractivity (Wildman–Crippen MR) is 50.5 cm³/mol. The van der Waals surface area contributed by atoms with Crippen LogP contribution in [0.5, 0.6) is 0 Å². The zero-order chi connectivity index (χ0) is 8.43. The molecular formula is C11H22. The second-order valence-electron chi connectivity index (χ2n) is 4.53. The van der Waals surface area contributed by atoms with Crippen LogP contribution in [0.4, 0.5) is 0 Å². The van der Waals surface area contributed by atoms with Crippen molar-refractivity contribution in [3.63, 3.8) is 0 Å². The van der Waals surface area contributed by atoms with E-state index in [9.17, 15) is 0 Å². The van der Waals surface area contributed by atoms with Crippen molar-refractivity contribution in [2.75, 3.05) is 0 Å². The second-order valence-corrected chi connectivity index (χ2v) is 4.53. The largest absolute Gasteiger partial charge is 0.0651 e. The minimum Gasteiger partial charge on any atom is -0.0651 e. The molecular weight excluding hydrogens is 132 g/mol. The van der Waals surface area contributed by atoms with Crippen LogP contribution in [-0.4, -0.2) is 0 Å². The van der Waals surface area contributed by atoms with Gasteiger partial charge in [0.15, 0.2) is 0 Å². The van der Waals surface area contributed by atoms with E-state index in [4.69, 9.17) is 0 Å². The highest BCUT2D eigenvalue weighted by Crippen LogP contribution is 2.42. The van der Waals surface area contributed by atoms with Crippen molar-refractivity contribution in [1.82, 2.24) is 0 Å². The van der Waals surface area contributed by atoms with E-state index in [2.05, 4.69) is 27.7 Å². The predicted octanol–water partition coefficient (Wildman–Crippen LogP) is 3.71. The molecule has 11 heavy (non-hydrogen) atoms. The van der Waals surface area contributed by atoms with Crippen molar-refractivity contribution in [3.8, 4) is 0 Å². The van der Waals surface area contributed by atoms with E-state index in [1.807, 2.05) is 0 Å². The fourth-order valence-corrected chi connectivity index (χ4v) is 2.84. The van der Waals surface area contributed by atoms with E-state index in [0.717, 1.165) is 23.7 Å². The lowest BCUT2D eigenvalue weighted by Gasteiger charge is -2.24. The topological polar surface area (TPSA) is 0 Å². The third-order valence-electron chi connectivity index (χ3n) is 3.56. The van der Waals surface area contributed by atoms with Crippen LogP contribution in [0.1, 0.15) is 47.0 Å². The third kappa shape index (κ3) is 1.77. The smallest absolute Gasteiger partial charge is 0.0360 e. The summed E-state index contributed by atoms with van der Waals surface area (Å²) in [5, 5.41) is 0. The minimum atomic E-state index is 0.907. The summed E-state index contributed by atoms with van der Waals surface area (Å²) in [5.74, 6) is 3.95. The summed E-state index contributed by atoms with van der Waals surface area (Å²) in [7, 11) is 0. The van der Waals surface area contributed by atoms with Crippen molar-refractivity contribution in [2.24, 2.45) is 23.7 Å². The van der Waals surface area contributed by atoms with E-state index in [1.54, 1.807) is 0 Å². The third-order valence-corrected chi connectivity index (χ3v) is 3.56. The molecule has 0 aliphatic heterocycles. The standard InChI is InChI=1S/C11H22/c1-5-10-9(4)6-7-11(10)8(2)3/h8-11H,5-7H2,1-4H3. The summed E-state index contributed by atoms with van der Waals surface area (Å²) in [6.07, 6.45) is 4.35. The normalized spacial score (nSPS) is 38.5. The van der Waals surface area contributed by atoms with Crippen LogP contribution in [0, 0.1) is 23.7 Å². The molecule has 0 N–H and O–H groups in total. The summed E-state index contributed by atoms with van der Waals surface area (Å²) < 4.78 is 0. The fourth-order valence-electron chi connectivity index (χ4n) is 2.84. The highest BCUT2D eigenvalue weighted by atomic mass is 14.4. The Balaban J connectivity index is 2.54. The van der Waals surface area contributed by atoms with Crippen LogP contribution >= 0.6 is 0 Å². The number of hydrogen-bond donors (Lipinski definition) is 0. The van der Waals surface area contributed by atoms with Gasteiger partial charge in [0, 0.05) is 0 Å². The van der Waals surface area contributed by atoms with E-state index < -0.39 is 0 Å². The van der Waals surface area contributed by atoms with Crippen LogP contribution in [0.3, 0.4) is 0 Å². The number of hydrogen-bond acceptors (Lipinski definition) is 0. The van der Waals surface area contributed by atoms with E-state index in [-0.39, 0.29) is 0 Å². The lowest BCUT2D eigenvalue weighted by atomic mass is 9.82. The molecule has 0 nitrogen and oxygen atoms in total. The molecule has 3 unspecified atom stereocenters. The number of rotatable bonds is 2. The Kier molecular flexibility index (Phi) is 2.98. The molecule has 0 heteroatoms. The summed E-state index contributed by atoms with van der Waals surface area (Å²) in [4.78, 5) is 0. The molecule has 1 aliphatic rings. The van der Waals surface area contributed by atoms with Gasteiger partial charge in [-0.15, -0.1) is 0 Å². The van der Waals surface area contributed by atoms with E-state index in [1.165, 1.54) is 19.3 Å². The van der Waals surface area contributed by atoms with Gasteiger partial charge in [0.25, 0.3) is 0 Å². The molecule has 0 bridgehead atoms. The first-order chi connectivity index (χ1) is 5.16. The van der Waals surface area contributed by atoms with Gasteiger partial charge >= 0.3 is 0 Å². The molecule has 0 aromatic rings. The zero-order valence-corrected chi connectivity index (χ0v) is 8.43. The van der Waals surface area contributed by atoms with Crippen LogP contribution in [0.15, 0.2) is 0 Å². The van der Waals surface area contributed by atoms with Crippen LogP contribution in [-0.2, 0) is 0 Å². The van der Waals surface area contributed by atoms with Gasteiger partial charge in [0.2, 0.25) is 0 Å². The van der Waals surface area contributed by atoms with Gasteiger partial charge in [0.05, 0.1) is 0 Å². The molecule has 0 heterocycles. The average molecular weight is 154 g/mol. The molecule has 0 radical (unpaired) electrons. The maximum atomic E-state index is 2.43. The van der Waals surface area contributed by atoms with Gasteiger partial charge in [-0.1, -0.05) is 40.5 Å². The molecule has 1 rings (SSSR count). The van der Waals surface area contributed by atoms with Gasteiger partial charge in [0.1, 0.15) is 0 Å². The molecule has 0 aromatic heterocycles. The molecule has 66 valence electrons. The molecule has 0 aromatic carbocycles. The zero-order valence-electron chi connectivity index (χ0n) is 8.43. The summed E-state index contributed by atoms with van der Waals surface area (Å²) in [6, 6.07) is 0. The highest BCUT2D eigenvalue weighted by Gasteiger charge is 2.33. The highest BCUT2D eigenvalue weighted by molar-refractivity contribution is 4.83. The van der Waals surface area contributed by atoms with Crippen molar-refractivity contribution in [3.05, 3.63) is 0 Å². The Morgan fingerprint density at radius 1 is 1.27 bits per heavy atom. The molecule has 0 saturated heterocycles. The second kappa shape index (κ2) is 3.60. The van der Waals surface area contributed by atoms with Gasteiger partial charge in [-0.25, -0.2) is 0 Å². The van der Waals surface area contributed by atoms with Crippen LogP contribution in [0.2, 0.25) is 0 Å². The monoisotopic (exact) mass is 154 g/mol. The van der Waals surface area contributed by atoms with Gasteiger partial charge in [-0.2, -0.15) is 0 Å². The maximum absolute atomic E-state index is 2.43. The van der Waals surface area contributed by atoms with E-state index >= 15 is 0 Å². The Hall–Kier alpha value is 0. The summed E-state index contributed by atoms with van der Waals surface area (Å²) in [5.41, 5.74) is 0. The first-order valence-electron chi connectivity index (χ1n) is 5.16. The van der Waals surface area contributed by atoms with Crippen molar-refractivity contribution >= 4 is 0 Å². The fraction of sp³-hybridized carbons (Fsp3) is 1.00. The Morgan fingerprint density at radius 3 is 2.27 bits per heavy atom. The molecule has 0 spiro atoms. The van der Waals surface area contributed by atoms with Crippen molar-refractivity contribution in [2.45, 2.75) is 47.0 Å². The average Bonchev–Trinajstić information content (AvgIpc) is 2.30. The SMILES string of the molecule is CCC1C(C)CCC1C(C)C. The molecule has 3 atom stereocenters. The van der Waals surface area contributed by atoms with Gasteiger partial charge in [-0.05, 0) is 30.1 Å². The summed E-state index contributed by atoms with van der Waals surface area (Å²) >= 11 is 0. The van der Waals surface area contributed by atoms with E-state index in [0.29, 0.717) is 0 Å². The minimum absolute atomic E-state index is 0.907. The first-order valence-corrected chi connectivity index (χ1v) is 5.16. The van der Waals surface area contributed by atoms with Gasteiger partial charge in [-0.3, -0.25) is 0 Å². The first kappa shape index (κ1) is 9.09. The van der Waals surface area contributed by atoms with Crippen LogP contribution < -0.4 is 0 Å². The molecule has 1 saturated carbocycles. The Labute approximate surface area is 71.4 Å². The molecule has 1 fully saturated rings. The maximum Gasteiger partial charge on any atom is -0.0360 e. The van der Waals surface area contributed by atoms with Crippen LogP contribution in [0.25, 0.3) is 0 Å². The summed E-state index contributed by atoms with van der Waals surface area (Å²) in [6.45, 7) is 9.54. The Morgan fingerprint density at radius 2 is 1.91 bits per heavy atom. The molecule has 0 amide bonds. The quantitative estimate of drug-likeness (QED) is 0.568. The molecule has 1 aliphatic carbocycles. The lowest BCUT2D eigenvalue weighted by molar-refractivity contribution is 0.253. The van der Waals surface area contributed by atoms with Crippen molar-refractivity contribution in [1.29, 1.82) is 0 Å². The van der Waals surface area contributed by atoms with Gasteiger partial charge < -0.3 is 0 Å². The Bertz CT molecular complexity index is 115. The van der Waals surface area contributed by atoms with Crippen molar-refractivity contribution < 1.29 is 0 Å². The lowest BCUT2D eigenvalue weighted by Crippen LogP contribution is -2.16.